The largest absolute Gasteiger partial charge is 0.350 e. The Balaban J connectivity index is 1.96. The van der Waals surface area contributed by atoms with E-state index in [2.05, 4.69) is 5.32 Å². The molecule has 1 aromatic rings. The highest BCUT2D eigenvalue weighted by Crippen LogP contribution is 2.19. The van der Waals surface area contributed by atoms with Crippen LogP contribution in [0, 0.1) is 6.92 Å². The fourth-order valence-electron chi connectivity index (χ4n) is 2.39. The summed E-state index contributed by atoms with van der Waals surface area (Å²) in [5.41, 5.74) is 1.97. The van der Waals surface area contributed by atoms with E-state index in [0.717, 1.165) is 24.0 Å². The summed E-state index contributed by atoms with van der Waals surface area (Å²) in [5, 5.41) is 3.51. The molecule has 5 heteroatoms. The molecule has 0 saturated carbocycles. The van der Waals surface area contributed by atoms with E-state index in [1.54, 1.807) is 7.05 Å². The molecule has 1 aliphatic heterocycles. The van der Waals surface area contributed by atoms with Crippen LogP contribution in [0.2, 0.25) is 5.02 Å². The first-order chi connectivity index (χ1) is 9.49. The molecule has 1 saturated heterocycles. The Bertz CT molecular complexity index is 531. The van der Waals surface area contributed by atoms with Gasteiger partial charge in [-0.25, -0.2) is 0 Å². The van der Waals surface area contributed by atoms with Crippen LogP contribution < -0.4 is 5.32 Å². The molecule has 1 heterocycles. The number of carbonyl (C=O) groups excluding carboxylic acids is 2. The molecular formula is C15H19ClN2O2. The van der Waals surface area contributed by atoms with Gasteiger partial charge in [0, 0.05) is 25.0 Å². The maximum absolute atomic E-state index is 12.2. The lowest BCUT2D eigenvalue weighted by Crippen LogP contribution is -2.49. The SMILES string of the molecule is Cc1ccc(CNC(=O)C2CCCC(=O)N2C)c(Cl)c1. The fourth-order valence-corrected chi connectivity index (χ4v) is 2.70. The predicted octanol–water partition coefficient (Wildman–Crippen LogP) is 2.28. The molecule has 1 unspecified atom stereocenters. The number of likely N-dealkylation sites (N-methyl/N-ethyl adjacent to an activating group) is 1. The molecule has 2 rings (SSSR count). The van der Waals surface area contributed by atoms with Crippen molar-refractivity contribution < 1.29 is 9.59 Å². The lowest BCUT2D eigenvalue weighted by molar-refractivity contribution is -0.142. The Morgan fingerprint density at radius 3 is 2.95 bits per heavy atom. The molecule has 2 amide bonds. The number of likely N-dealkylation sites (tertiary alicyclic amines) is 1. The normalized spacial score (nSPS) is 19.1. The van der Waals surface area contributed by atoms with Crippen LogP contribution in [-0.2, 0) is 16.1 Å². The second-order valence-corrected chi connectivity index (χ2v) is 5.63. The Labute approximate surface area is 124 Å². The van der Waals surface area contributed by atoms with Crippen LogP contribution in [0.1, 0.15) is 30.4 Å². The van der Waals surface area contributed by atoms with Gasteiger partial charge in [0.15, 0.2) is 0 Å². The van der Waals surface area contributed by atoms with E-state index < -0.39 is 0 Å². The minimum absolute atomic E-state index is 0.0322. The van der Waals surface area contributed by atoms with E-state index in [-0.39, 0.29) is 17.9 Å². The van der Waals surface area contributed by atoms with Crippen molar-refractivity contribution in [2.24, 2.45) is 0 Å². The number of benzene rings is 1. The highest BCUT2D eigenvalue weighted by atomic mass is 35.5. The van der Waals surface area contributed by atoms with Gasteiger partial charge in [-0.1, -0.05) is 23.7 Å². The molecule has 1 fully saturated rings. The minimum atomic E-state index is -0.361. The number of rotatable bonds is 3. The first-order valence-electron chi connectivity index (χ1n) is 6.77. The van der Waals surface area contributed by atoms with Gasteiger partial charge >= 0.3 is 0 Å². The van der Waals surface area contributed by atoms with Gasteiger partial charge in [-0.3, -0.25) is 9.59 Å². The van der Waals surface area contributed by atoms with Crippen LogP contribution in [0.4, 0.5) is 0 Å². The summed E-state index contributed by atoms with van der Waals surface area (Å²) in [6.45, 7) is 2.35. The van der Waals surface area contributed by atoms with Crippen LogP contribution in [-0.4, -0.2) is 29.8 Å². The van der Waals surface area contributed by atoms with Gasteiger partial charge in [0.2, 0.25) is 11.8 Å². The molecule has 0 spiro atoms. The summed E-state index contributed by atoms with van der Waals surface area (Å²) >= 11 is 6.13. The molecule has 0 aliphatic carbocycles. The van der Waals surface area contributed by atoms with Gasteiger partial charge in [0.1, 0.15) is 6.04 Å². The van der Waals surface area contributed by atoms with Crippen molar-refractivity contribution in [3.63, 3.8) is 0 Å². The Morgan fingerprint density at radius 2 is 2.25 bits per heavy atom. The smallest absolute Gasteiger partial charge is 0.243 e. The number of amides is 2. The summed E-state index contributed by atoms with van der Waals surface area (Å²) < 4.78 is 0. The molecule has 4 nitrogen and oxygen atoms in total. The van der Waals surface area contributed by atoms with Crippen molar-refractivity contribution in [2.75, 3.05) is 7.05 Å². The highest BCUT2D eigenvalue weighted by Gasteiger charge is 2.30. The van der Waals surface area contributed by atoms with Gasteiger partial charge in [-0.2, -0.15) is 0 Å². The van der Waals surface area contributed by atoms with Gasteiger partial charge in [0.25, 0.3) is 0 Å². The predicted molar refractivity (Wildman–Crippen MR) is 78.4 cm³/mol. The number of nitrogens with zero attached hydrogens (tertiary/aromatic N) is 1. The second kappa shape index (κ2) is 6.27. The lowest BCUT2D eigenvalue weighted by Gasteiger charge is -2.31. The summed E-state index contributed by atoms with van der Waals surface area (Å²) in [4.78, 5) is 25.3. The number of hydrogen-bond donors (Lipinski definition) is 1. The van der Waals surface area contributed by atoms with Crippen molar-refractivity contribution in [1.29, 1.82) is 0 Å². The highest BCUT2D eigenvalue weighted by molar-refractivity contribution is 6.31. The van der Waals surface area contributed by atoms with E-state index in [0.29, 0.717) is 18.0 Å². The molecule has 108 valence electrons. The number of hydrogen-bond acceptors (Lipinski definition) is 2. The van der Waals surface area contributed by atoms with Crippen molar-refractivity contribution in [2.45, 2.75) is 38.8 Å². The molecule has 1 N–H and O–H groups in total. The van der Waals surface area contributed by atoms with Gasteiger partial charge < -0.3 is 10.2 Å². The standard InChI is InChI=1S/C15H19ClN2O2/c1-10-6-7-11(12(16)8-10)9-17-15(20)13-4-3-5-14(19)18(13)2/h6-8,13H,3-5,9H2,1-2H3,(H,17,20). The van der Waals surface area contributed by atoms with Crippen molar-refractivity contribution >= 4 is 23.4 Å². The number of halogens is 1. The number of piperidine rings is 1. The van der Waals surface area contributed by atoms with Crippen molar-refractivity contribution in [3.05, 3.63) is 34.3 Å². The van der Waals surface area contributed by atoms with Gasteiger partial charge in [0.05, 0.1) is 0 Å². The monoisotopic (exact) mass is 294 g/mol. The minimum Gasteiger partial charge on any atom is -0.350 e. The summed E-state index contributed by atoms with van der Waals surface area (Å²) in [7, 11) is 1.69. The van der Waals surface area contributed by atoms with Crippen LogP contribution in [0.5, 0.6) is 0 Å². The third kappa shape index (κ3) is 3.31. The zero-order valence-electron chi connectivity index (χ0n) is 11.8. The first kappa shape index (κ1) is 14.9. The topological polar surface area (TPSA) is 49.4 Å². The number of aryl methyl sites for hydroxylation is 1. The van der Waals surface area contributed by atoms with Gasteiger partial charge in [-0.05, 0) is 37.0 Å². The molecule has 1 aromatic carbocycles. The fraction of sp³-hybridized carbons (Fsp3) is 0.467. The molecule has 20 heavy (non-hydrogen) atoms. The van der Waals surface area contributed by atoms with E-state index in [4.69, 9.17) is 11.6 Å². The maximum Gasteiger partial charge on any atom is 0.243 e. The zero-order valence-corrected chi connectivity index (χ0v) is 12.5. The Hall–Kier alpha value is -1.55. The third-order valence-corrected chi connectivity index (χ3v) is 4.05. The van der Waals surface area contributed by atoms with Crippen LogP contribution in [0.3, 0.4) is 0 Å². The molecule has 1 atom stereocenters. The molecule has 0 bridgehead atoms. The van der Waals surface area contributed by atoms with Crippen LogP contribution in [0.25, 0.3) is 0 Å². The zero-order chi connectivity index (χ0) is 14.7. The molecule has 0 radical (unpaired) electrons. The van der Waals surface area contributed by atoms with Gasteiger partial charge in [-0.15, -0.1) is 0 Å². The Morgan fingerprint density at radius 1 is 1.50 bits per heavy atom. The molecule has 1 aliphatic rings. The maximum atomic E-state index is 12.2. The van der Waals surface area contributed by atoms with Crippen molar-refractivity contribution in [1.82, 2.24) is 10.2 Å². The van der Waals surface area contributed by atoms with Crippen molar-refractivity contribution in [3.8, 4) is 0 Å². The first-order valence-corrected chi connectivity index (χ1v) is 7.15. The van der Waals surface area contributed by atoms with E-state index in [1.807, 2.05) is 25.1 Å². The molecule has 0 aromatic heterocycles. The Kier molecular flexibility index (Phi) is 4.65. The summed E-state index contributed by atoms with van der Waals surface area (Å²) in [5.74, 6) is -0.0815. The third-order valence-electron chi connectivity index (χ3n) is 3.69. The van der Waals surface area contributed by atoms with E-state index in [1.165, 1.54) is 4.90 Å². The second-order valence-electron chi connectivity index (χ2n) is 5.23. The number of carbonyl (C=O) groups is 2. The van der Waals surface area contributed by atoms with E-state index in [9.17, 15) is 9.59 Å². The summed E-state index contributed by atoms with van der Waals surface area (Å²) in [6, 6.07) is 5.39. The average molecular weight is 295 g/mol. The average Bonchev–Trinajstić information content (AvgIpc) is 2.40. The quantitative estimate of drug-likeness (QED) is 0.930. The van der Waals surface area contributed by atoms with E-state index >= 15 is 0 Å². The lowest BCUT2D eigenvalue weighted by atomic mass is 10.0. The van der Waals surface area contributed by atoms with Crippen LogP contribution >= 0.6 is 11.6 Å². The number of nitrogens with one attached hydrogen (secondary N) is 1. The molecular weight excluding hydrogens is 276 g/mol. The van der Waals surface area contributed by atoms with Crippen LogP contribution in [0.15, 0.2) is 18.2 Å². The summed E-state index contributed by atoms with van der Waals surface area (Å²) in [6.07, 6.45) is 2.02.